The molecular weight excluding hydrogens is 392 g/mol. The van der Waals surface area contributed by atoms with Crippen LogP contribution in [0.2, 0.25) is 0 Å². The lowest BCUT2D eigenvalue weighted by molar-refractivity contribution is -0.116. The highest BCUT2D eigenvalue weighted by atomic mass is 35.5. The lowest BCUT2D eigenvalue weighted by Crippen LogP contribution is -2.46. The summed E-state index contributed by atoms with van der Waals surface area (Å²) in [7, 11) is 1.68. The summed E-state index contributed by atoms with van der Waals surface area (Å²) < 4.78 is 5.51. The van der Waals surface area contributed by atoms with Crippen LogP contribution < -0.4 is 21.1 Å². The molecule has 29 heavy (non-hydrogen) atoms. The molecule has 2 amide bonds. The number of ether oxygens (including phenoxy) is 1. The smallest absolute Gasteiger partial charge is 0.248 e. The third-order valence-electron chi connectivity index (χ3n) is 4.93. The van der Waals surface area contributed by atoms with Crippen LogP contribution in [0.5, 0.6) is 5.75 Å². The average molecular weight is 419 g/mol. The maximum Gasteiger partial charge on any atom is 0.248 e. The third kappa shape index (κ3) is 5.93. The minimum absolute atomic E-state index is 0. The van der Waals surface area contributed by atoms with Crippen molar-refractivity contribution in [3.63, 3.8) is 0 Å². The molecule has 0 spiro atoms. The van der Waals surface area contributed by atoms with Crippen LogP contribution >= 0.6 is 12.4 Å². The molecule has 0 aliphatic carbocycles. The first-order valence-electron chi connectivity index (χ1n) is 9.36. The van der Waals surface area contributed by atoms with Crippen molar-refractivity contribution in [2.75, 3.05) is 38.6 Å². The average Bonchev–Trinajstić information content (AvgIpc) is 2.73. The van der Waals surface area contributed by atoms with Gasteiger partial charge in [0, 0.05) is 49.4 Å². The number of hydrogen-bond donors (Lipinski definition) is 3. The van der Waals surface area contributed by atoms with Crippen LogP contribution in [0.1, 0.15) is 28.4 Å². The Morgan fingerprint density at radius 3 is 2.62 bits per heavy atom. The number of nitrogens with zero attached hydrogens (tertiary/aromatic N) is 1. The Balaban J connectivity index is 0.00000300. The summed E-state index contributed by atoms with van der Waals surface area (Å²) in [4.78, 5) is 25.8. The molecule has 1 aliphatic rings. The monoisotopic (exact) mass is 418 g/mol. The van der Waals surface area contributed by atoms with Crippen molar-refractivity contribution in [1.82, 2.24) is 10.2 Å². The molecule has 1 fully saturated rings. The Kier molecular flexibility index (Phi) is 8.45. The molecule has 1 atom stereocenters. The number of nitrogens with one attached hydrogen (secondary N) is 2. The number of hydrogen-bond acceptors (Lipinski definition) is 5. The summed E-state index contributed by atoms with van der Waals surface area (Å²) in [5.74, 6) is 0.309. The number of primary amides is 1. The molecule has 3 rings (SSSR count). The first kappa shape index (κ1) is 22.7. The predicted molar refractivity (Wildman–Crippen MR) is 116 cm³/mol. The molecule has 8 heteroatoms. The van der Waals surface area contributed by atoms with Gasteiger partial charge in [0.25, 0.3) is 0 Å². The molecule has 1 saturated heterocycles. The molecule has 1 unspecified atom stereocenters. The Hall–Kier alpha value is -2.61. The fraction of sp³-hybridized carbons (Fsp3) is 0.333. The van der Waals surface area contributed by atoms with Crippen LogP contribution in [0.15, 0.2) is 48.5 Å². The standard InChI is InChI=1S/C21H26N4O3.ClH/c1-28-19-5-3-2-4-17(19)18-14-23-11-13-25(18)12-10-20(26)24-16-8-6-15(7-9-16)21(22)27;/h2-9,18,23H,10-14H2,1H3,(H2,22,27)(H,24,26);1H. The van der Waals surface area contributed by atoms with E-state index in [2.05, 4.69) is 21.6 Å². The molecule has 156 valence electrons. The van der Waals surface area contributed by atoms with E-state index in [1.54, 1.807) is 31.4 Å². The van der Waals surface area contributed by atoms with E-state index in [9.17, 15) is 9.59 Å². The van der Waals surface area contributed by atoms with Gasteiger partial charge in [-0.1, -0.05) is 18.2 Å². The summed E-state index contributed by atoms with van der Waals surface area (Å²) in [6.07, 6.45) is 0.378. The zero-order chi connectivity index (χ0) is 19.9. The molecule has 1 heterocycles. The van der Waals surface area contributed by atoms with E-state index in [1.165, 1.54) is 0 Å². The SMILES string of the molecule is COc1ccccc1C1CNCCN1CCC(=O)Nc1ccc(C(N)=O)cc1.Cl. The minimum atomic E-state index is -0.487. The van der Waals surface area contributed by atoms with Crippen LogP contribution in [0.4, 0.5) is 5.69 Å². The largest absolute Gasteiger partial charge is 0.496 e. The normalized spacial score (nSPS) is 16.5. The molecule has 0 aromatic heterocycles. The zero-order valence-electron chi connectivity index (χ0n) is 16.4. The quantitative estimate of drug-likeness (QED) is 0.640. The number of benzene rings is 2. The van der Waals surface area contributed by atoms with Crippen LogP contribution in [-0.2, 0) is 4.79 Å². The number of rotatable bonds is 7. The Labute approximate surface area is 177 Å². The highest BCUT2D eigenvalue weighted by molar-refractivity contribution is 5.94. The second-order valence-corrected chi connectivity index (χ2v) is 6.74. The number of carbonyl (C=O) groups excluding carboxylic acids is 2. The first-order chi connectivity index (χ1) is 13.6. The molecule has 0 radical (unpaired) electrons. The van der Waals surface area contributed by atoms with Gasteiger partial charge in [-0.05, 0) is 30.3 Å². The Morgan fingerprint density at radius 2 is 1.93 bits per heavy atom. The summed E-state index contributed by atoms with van der Waals surface area (Å²) in [6.45, 7) is 3.22. The van der Waals surface area contributed by atoms with E-state index < -0.39 is 5.91 Å². The molecule has 2 aromatic rings. The van der Waals surface area contributed by atoms with Crippen LogP contribution in [0, 0.1) is 0 Å². The van der Waals surface area contributed by atoms with Gasteiger partial charge in [0.2, 0.25) is 11.8 Å². The van der Waals surface area contributed by atoms with E-state index in [1.807, 2.05) is 18.2 Å². The lowest BCUT2D eigenvalue weighted by atomic mass is 10.0. The second-order valence-electron chi connectivity index (χ2n) is 6.74. The number of piperazine rings is 1. The van der Waals surface area contributed by atoms with Gasteiger partial charge in [0.05, 0.1) is 13.2 Å². The number of nitrogens with two attached hydrogens (primary N) is 1. The highest BCUT2D eigenvalue weighted by Crippen LogP contribution is 2.30. The Morgan fingerprint density at radius 1 is 1.21 bits per heavy atom. The van der Waals surface area contributed by atoms with Gasteiger partial charge in [0.1, 0.15) is 5.75 Å². The van der Waals surface area contributed by atoms with Gasteiger partial charge >= 0.3 is 0 Å². The number of methoxy groups -OCH3 is 1. The van der Waals surface area contributed by atoms with Gasteiger partial charge in [-0.3, -0.25) is 14.5 Å². The molecule has 2 aromatic carbocycles. The van der Waals surface area contributed by atoms with Crippen molar-refractivity contribution < 1.29 is 14.3 Å². The van der Waals surface area contributed by atoms with Crippen LogP contribution in [-0.4, -0.2) is 50.0 Å². The summed E-state index contributed by atoms with van der Waals surface area (Å²) in [6, 6.07) is 14.7. The van der Waals surface area contributed by atoms with Gasteiger partial charge in [-0.2, -0.15) is 0 Å². The highest BCUT2D eigenvalue weighted by Gasteiger charge is 2.26. The van der Waals surface area contributed by atoms with Crippen LogP contribution in [0.25, 0.3) is 0 Å². The van der Waals surface area contributed by atoms with E-state index in [4.69, 9.17) is 10.5 Å². The number of para-hydroxylation sites is 1. The van der Waals surface area contributed by atoms with Crippen molar-refractivity contribution in [2.24, 2.45) is 5.73 Å². The predicted octanol–water partition coefficient (Wildman–Crippen LogP) is 2.19. The number of carbonyl (C=O) groups is 2. The lowest BCUT2D eigenvalue weighted by Gasteiger charge is -2.37. The fourth-order valence-electron chi connectivity index (χ4n) is 3.45. The van der Waals surface area contributed by atoms with Gasteiger partial charge in [-0.15, -0.1) is 12.4 Å². The minimum Gasteiger partial charge on any atom is -0.496 e. The van der Waals surface area contributed by atoms with Crippen molar-refractivity contribution in [3.8, 4) is 5.75 Å². The molecule has 0 bridgehead atoms. The molecular formula is C21H27ClN4O3. The van der Waals surface area contributed by atoms with Gasteiger partial charge < -0.3 is 21.1 Å². The first-order valence-corrected chi connectivity index (χ1v) is 9.36. The second kappa shape index (κ2) is 10.8. The summed E-state index contributed by atoms with van der Waals surface area (Å²) >= 11 is 0. The van der Waals surface area contributed by atoms with Crippen molar-refractivity contribution in [3.05, 3.63) is 59.7 Å². The summed E-state index contributed by atoms with van der Waals surface area (Å²) in [5, 5.41) is 6.29. The molecule has 7 nitrogen and oxygen atoms in total. The maximum atomic E-state index is 12.4. The van der Waals surface area contributed by atoms with Crippen molar-refractivity contribution >= 4 is 29.9 Å². The van der Waals surface area contributed by atoms with Crippen molar-refractivity contribution in [2.45, 2.75) is 12.5 Å². The van der Waals surface area contributed by atoms with Gasteiger partial charge in [0.15, 0.2) is 0 Å². The van der Waals surface area contributed by atoms with E-state index >= 15 is 0 Å². The van der Waals surface area contributed by atoms with E-state index in [-0.39, 0.29) is 24.4 Å². The Bertz CT molecular complexity index is 829. The zero-order valence-corrected chi connectivity index (χ0v) is 17.2. The molecule has 1 aliphatic heterocycles. The molecule has 0 saturated carbocycles. The van der Waals surface area contributed by atoms with Crippen LogP contribution in [0.3, 0.4) is 0 Å². The van der Waals surface area contributed by atoms with Gasteiger partial charge in [-0.25, -0.2) is 0 Å². The topological polar surface area (TPSA) is 96.7 Å². The fourth-order valence-corrected chi connectivity index (χ4v) is 3.45. The maximum absolute atomic E-state index is 12.4. The van der Waals surface area contributed by atoms with E-state index in [0.717, 1.165) is 30.9 Å². The number of anilines is 1. The number of halogens is 1. The summed E-state index contributed by atoms with van der Waals surface area (Å²) in [5.41, 5.74) is 7.42. The van der Waals surface area contributed by atoms with Crippen molar-refractivity contribution in [1.29, 1.82) is 0 Å². The third-order valence-corrected chi connectivity index (χ3v) is 4.93. The number of amides is 2. The molecule has 4 N–H and O–H groups in total. The van der Waals surface area contributed by atoms with E-state index in [0.29, 0.717) is 24.2 Å².